The number of carbonyl (C=O) groups is 1. The van der Waals surface area contributed by atoms with Gasteiger partial charge in [-0.1, -0.05) is 12.1 Å². The number of amides is 1. The Kier molecular flexibility index (Phi) is 3.52. The van der Waals surface area contributed by atoms with Gasteiger partial charge in [0.25, 0.3) is 5.91 Å². The predicted octanol–water partition coefficient (Wildman–Crippen LogP) is 2.49. The molecule has 1 aromatic carbocycles. The van der Waals surface area contributed by atoms with Gasteiger partial charge in [-0.25, -0.2) is 9.82 Å². The van der Waals surface area contributed by atoms with Crippen molar-refractivity contribution in [1.29, 1.82) is 0 Å². The maximum absolute atomic E-state index is 13.3. The molecular formula is C13H11FN2O2. The number of furan rings is 1. The lowest BCUT2D eigenvalue weighted by molar-refractivity contribution is 0.0951. The lowest BCUT2D eigenvalue weighted by Gasteiger charge is -2.00. The summed E-state index contributed by atoms with van der Waals surface area (Å²) in [5.41, 5.74) is 2.18. The minimum absolute atomic E-state index is 0.0507. The Labute approximate surface area is 103 Å². The lowest BCUT2D eigenvalue weighted by atomic mass is 10.2. The maximum Gasteiger partial charge on any atom is 0.274 e. The van der Waals surface area contributed by atoms with Crippen LogP contribution in [0.3, 0.4) is 0 Å². The molecule has 0 atom stereocenters. The van der Waals surface area contributed by atoms with E-state index in [1.165, 1.54) is 24.4 Å². The van der Waals surface area contributed by atoms with E-state index < -0.39 is 11.7 Å². The predicted molar refractivity (Wildman–Crippen MR) is 64.9 cm³/mol. The summed E-state index contributed by atoms with van der Waals surface area (Å²) in [6.07, 6.45) is 1.35. The van der Waals surface area contributed by atoms with Gasteiger partial charge in [0, 0.05) is 0 Å². The molecule has 0 fully saturated rings. The maximum atomic E-state index is 13.3. The molecule has 18 heavy (non-hydrogen) atoms. The molecule has 0 saturated carbocycles. The average Bonchev–Trinajstić information content (AvgIpc) is 2.75. The SMILES string of the molecule is Cc1ccc(/C=N/NC(=O)c2ccccc2F)o1. The molecule has 0 radical (unpaired) electrons. The van der Waals surface area contributed by atoms with Crippen LogP contribution in [0.25, 0.3) is 0 Å². The van der Waals surface area contributed by atoms with Gasteiger partial charge in [-0.15, -0.1) is 0 Å². The van der Waals surface area contributed by atoms with Crippen molar-refractivity contribution >= 4 is 12.1 Å². The number of benzene rings is 1. The van der Waals surface area contributed by atoms with Crippen LogP contribution < -0.4 is 5.43 Å². The molecule has 92 valence electrons. The summed E-state index contributed by atoms with van der Waals surface area (Å²) < 4.78 is 18.5. The molecule has 4 nitrogen and oxygen atoms in total. The molecule has 0 unspecified atom stereocenters. The molecule has 1 aromatic heterocycles. The number of aryl methyl sites for hydroxylation is 1. The summed E-state index contributed by atoms with van der Waals surface area (Å²) in [6, 6.07) is 9.19. The number of nitrogens with one attached hydrogen (secondary N) is 1. The Balaban J connectivity index is 2.01. The topological polar surface area (TPSA) is 54.6 Å². The van der Waals surface area contributed by atoms with Gasteiger partial charge < -0.3 is 4.42 Å². The van der Waals surface area contributed by atoms with Gasteiger partial charge in [-0.3, -0.25) is 4.79 Å². The first kappa shape index (κ1) is 12.0. The summed E-state index contributed by atoms with van der Waals surface area (Å²) in [5.74, 6) is 0.0740. The molecule has 0 aliphatic carbocycles. The lowest BCUT2D eigenvalue weighted by Crippen LogP contribution is -2.18. The minimum atomic E-state index is -0.604. The molecule has 0 bridgehead atoms. The zero-order chi connectivity index (χ0) is 13.0. The van der Waals surface area contributed by atoms with Crippen molar-refractivity contribution in [2.24, 2.45) is 5.10 Å². The van der Waals surface area contributed by atoms with Crippen LogP contribution in [0.4, 0.5) is 4.39 Å². The van der Waals surface area contributed by atoms with Crippen LogP contribution in [0.15, 0.2) is 45.9 Å². The fraction of sp³-hybridized carbons (Fsp3) is 0.0769. The third-order valence-electron chi connectivity index (χ3n) is 2.24. The molecule has 0 aliphatic rings. The Hall–Kier alpha value is -2.43. The van der Waals surface area contributed by atoms with Gasteiger partial charge in [0.15, 0.2) is 0 Å². The van der Waals surface area contributed by atoms with E-state index in [0.717, 1.165) is 5.76 Å². The van der Waals surface area contributed by atoms with E-state index in [-0.39, 0.29) is 5.56 Å². The number of nitrogens with zero attached hydrogens (tertiary/aromatic N) is 1. The van der Waals surface area contributed by atoms with E-state index in [9.17, 15) is 9.18 Å². The minimum Gasteiger partial charge on any atom is -0.460 e. The molecular weight excluding hydrogens is 235 g/mol. The second-order valence-electron chi connectivity index (χ2n) is 3.63. The summed E-state index contributed by atoms with van der Waals surface area (Å²) in [5, 5.41) is 3.69. The molecule has 0 spiro atoms. The zero-order valence-corrected chi connectivity index (χ0v) is 9.68. The van der Waals surface area contributed by atoms with Crippen molar-refractivity contribution in [2.45, 2.75) is 6.92 Å². The van der Waals surface area contributed by atoms with E-state index in [2.05, 4.69) is 10.5 Å². The molecule has 2 aromatic rings. The highest BCUT2D eigenvalue weighted by Crippen LogP contribution is 2.06. The van der Waals surface area contributed by atoms with Gasteiger partial charge in [0.1, 0.15) is 17.3 Å². The average molecular weight is 246 g/mol. The number of halogens is 1. The third kappa shape index (κ3) is 2.82. The number of rotatable bonds is 3. The van der Waals surface area contributed by atoms with Gasteiger partial charge in [0.05, 0.1) is 11.8 Å². The monoisotopic (exact) mass is 246 g/mol. The number of hydrogen-bond donors (Lipinski definition) is 1. The van der Waals surface area contributed by atoms with Crippen LogP contribution in [0.1, 0.15) is 21.9 Å². The highest BCUT2D eigenvalue weighted by molar-refractivity contribution is 5.94. The fourth-order valence-corrected chi connectivity index (χ4v) is 1.38. The van der Waals surface area contributed by atoms with Crippen molar-refractivity contribution in [1.82, 2.24) is 5.43 Å². The second kappa shape index (κ2) is 5.27. The molecule has 5 heteroatoms. The van der Waals surface area contributed by atoms with Crippen molar-refractivity contribution < 1.29 is 13.6 Å². The van der Waals surface area contributed by atoms with Crippen LogP contribution in [0, 0.1) is 12.7 Å². The number of carbonyl (C=O) groups excluding carboxylic acids is 1. The van der Waals surface area contributed by atoms with E-state index in [4.69, 9.17) is 4.42 Å². The van der Waals surface area contributed by atoms with E-state index in [1.54, 1.807) is 25.1 Å². The Morgan fingerprint density at radius 1 is 1.33 bits per heavy atom. The van der Waals surface area contributed by atoms with Crippen molar-refractivity contribution in [3.8, 4) is 0 Å². The molecule has 0 saturated heterocycles. The van der Waals surface area contributed by atoms with Crippen LogP contribution >= 0.6 is 0 Å². The highest BCUT2D eigenvalue weighted by atomic mass is 19.1. The molecule has 1 amide bonds. The summed E-state index contributed by atoms with van der Waals surface area (Å²) >= 11 is 0. The highest BCUT2D eigenvalue weighted by Gasteiger charge is 2.09. The molecule has 1 heterocycles. The van der Waals surface area contributed by atoms with E-state index in [1.807, 2.05) is 0 Å². The van der Waals surface area contributed by atoms with Gasteiger partial charge in [-0.2, -0.15) is 5.10 Å². The normalized spacial score (nSPS) is 10.8. The largest absolute Gasteiger partial charge is 0.460 e. The Bertz CT molecular complexity index is 590. The van der Waals surface area contributed by atoms with Gasteiger partial charge in [0.2, 0.25) is 0 Å². The van der Waals surface area contributed by atoms with Crippen molar-refractivity contribution in [2.75, 3.05) is 0 Å². The smallest absolute Gasteiger partial charge is 0.274 e. The first-order valence-electron chi connectivity index (χ1n) is 5.31. The molecule has 2 rings (SSSR count). The van der Waals surface area contributed by atoms with Crippen molar-refractivity contribution in [3.63, 3.8) is 0 Å². The standard InChI is InChI=1S/C13H11FN2O2/c1-9-6-7-10(18-9)8-15-16-13(17)11-4-2-3-5-12(11)14/h2-8H,1H3,(H,16,17)/b15-8+. The van der Waals surface area contributed by atoms with Crippen LogP contribution in [0.5, 0.6) is 0 Å². The van der Waals surface area contributed by atoms with Crippen LogP contribution in [-0.4, -0.2) is 12.1 Å². The molecule has 0 aliphatic heterocycles. The van der Waals surface area contributed by atoms with Crippen LogP contribution in [0.2, 0.25) is 0 Å². The summed E-state index contributed by atoms with van der Waals surface area (Å²) in [7, 11) is 0. The van der Waals surface area contributed by atoms with Gasteiger partial charge in [-0.05, 0) is 31.2 Å². The number of hydrogen-bond acceptors (Lipinski definition) is 3. The Morgan fingerprint density at radius 3 is 2.78 bits per heavy atom. The van der Waals surface area contributed by atoms with E-state index >= 15 is 0 Å². The third-order valence-corrected chi connectivity index (χ3v) is 2.24. The van der Waals surface area contributed by atoms with Gasteiger partial charge >= 0.3 is 0 Å². The second-order valence-corrected chi connectivity index (χ2v) is 3.63. The summed E-state index contributed by atoms with van der Waals surface area (Å²) in [6.45, 7) is 1.80. The van der Waals surface area contributed by atoms with Crippen LogP contribution in [-0.2, 0) is 0 Å². The van der Waals surface area contributed by atoms with E-state index in [0.29, 0.717) is 5.76 Å². The molecule has 1 N–H and O–H groups in total. The number of hydrazone groups is 1. The Morgan fingerprint density at radius 2 is 2.11 bits per heavy atom. The fourth-order valence-electron chi connectivity index (χ4n) is 1.38. The quantitative estimate of drug-likeness (QED) is 0.668. The van der Waals surface area contributed by atoms with Crippen molar-refractivity contribution in [3.05, 3.63) is 59.3 Å². The first-order valence-corrected chi connectivity index (χ1v) is 5.31. The first-order chi connectivity index (χ1) is 8.66. The zero-order valence-electron chi connectivity index (χ0n) is 9.68. The summed E-state index contributed by atoms with van der Waals surface area (Å²) in [4.78, 5) is 11.6.